The van der Waals surface area contributed by atoms with E-state index in [1.54, 1.807) is 13.8 Å². The van der Waals surface area contributed by atoms with E-state index >= 15 is 28.8 Å². The van der Waals surface area contributed by atoms with Crippen LogP contribution in [0.25, 0.3) is 0 Å². The Labute approximate surface area is 641 Å². The number of carbonyl (C=O) groups is 12. The fourth-order valence-electron chi connectivity index (χ4n) is 16.7. The van der Waals surface area contributed by atoms with Gasteiger partial charge in [0.25, 0.3) is 0 Å². The van der Waals surface area contributed by atoms with E-state index in [-0.39, 0.29) is 101 Å². The van der Waals surface area contributed by atoms with Gasteiger partial charge in [-0.3, -0.25) is 57.5 Å². The lowest BCUT2D eigenvalue weighted by atomic mass is 9.78. The Morgan fingerprint density at radius 2 is 1.18 bits per heavy atom. The quantitative estimate of drug-likeness (QED) is 0.110. The molecule has 0 radical (unpaired) electrons. The van der Waals surface area contributed by atoms with E-state index in [0.717, 1.165) is 56.3 Å². The van der Waals surface area contributed by atoms with Crippen molar-refractivity contribution in [3.05, 3.63) is 0 Å². The lowest BCUT2D eigenvalue weighted by Crippen LogP contribution is -2.65. The van der Waals surface area contributed by atoms with E-state index in [0.29, 0.717) is 35.5 Å². The minimum absolute atomic E-state index is 0.0106. The van der Waals surface area contributed by atoms with Crippen LogP contribution in [0.5, 0.6) is 0 Å². The Morgan fingerprint density at radius 3 is 1.71 bits per heavy atom. The topological polar surface area (TPSA) is 270 Å². The first-order valence-electron chi connectivity index (χ1n) is 38.7. The van der Waals surface area contributed by atoms with Crippen molar-refractivity contribution in [1.82, 2.24) is 60.0 Å². The molecule has 6 fully saturated rings. The number of nitrogens with one attached hydrogen (secondary N) is 3. The van der Waals surface area contributed by atoms with Crippen LogP contribution in [0, 0.1) is 47.3 Å². The van der Waals surface area contributed by atoms with Crippen LogP contribution < -0.4 is 16.0 Å². The molecule has 14 atom stereocenters. The molecule has 4 aliphatic carbocycles. The number of fused-ring (bicyclic) bond motifs is 1. The van der Waals surface area contributed by atoms with Crippen molar-refractivity contribution in [3.63, 3.8) is 0 Å². The number of carbonyl (C=O) groups excluding carboxylic acids is 12. The maximum Gasteiger partial charge on any atom is 0.393 e. The Morgan fingerprint density at radius 1 is 0.619 bits per heavy atom. The summed E-state index contributed by atoms with van der Waals surface area (Å²) in [5, 5.41) is 7.73. The fourth-order valence-corrected chi connectivity index (χ4v) is 18.0. The summed E-state index contributed by atoms with van der Waals surface area (Å²) in [7, 11) is 13.1. The van der Waals surface area contributed by atoms with Crippen LogP contribution in [-0.2, 0) is 57.5 Å². The fraction of sp³-hybridized carbons (Fsp3) is 0.842. The smallest absolute Gasteiger partial charge is 0.347 e. The molecule has 29 heteroatoms. The minimum atomic E-state index is -4.52. The van der Waals surface area contributed by atoms with E-state index in [9.17, 15) is 41.9 Å². The Kier molecular flexibility index (Phi) is 32.6. The van der Waals surface area contributed by atoms with Gasteiger partial charge in [-0.1, -0.05) is 122 Å². The summed E-state index contributed by atoms with van der Waals surface area (Å²) in [5.74, 6) is -10.6. The molecule has 24 nitrogen and oxygen atoms in total. The summed E-state index contributed by atoms with van der Waals surface area (Å²) >= 11 is 8.88. The molecule has 2 aliphatic heterocycles. The molecule has 0 aromatic carbocycles. The molecule has 1 spiro atoms. The van der Waals surface area contributed by atoms with Gasteiger partial charge in [0.1, 0.15) is 59.9 Å². The number of rotatable bonds is 14. The first-order valence-corrected chi connectivity index (χ1v) is 40.4. The number of halogens is 5. The highest BCUT2D eigenvalue weighted by Crippen LogP contribution is 2.44. The Hall–Kier alpha value is -5.55. The van der Waals surface area contributed by atoms with Crippen LogP contribution >= 0.6 is 34.2 Å². The second-order valence-corrected chi connectivity index (χ2v) is 35.1. The number of amides is 12. The molecule has 0 aromatic heterocycles. The predicted molar refractivity (Wildman–Crippen MR) is 404 cm³/mol. The zero-order chi connectivity index (χ0) is 78.6. The lowest BCUT2D eigenvalue weighted by Gasteiger charge is -2.45. The molecule has 0 bridgehead atoms. The van der Waals surface area contributed by atoms with Gasteiger partial charge in [-0.15, -0.1) is 11.6 Å². The molecule has 0 aromatic rings. The maximum atomic E-state index is 15.8. The van der Waals surface area contributed by atoms with Crippen LogP contribution in [0.4, 0.5) is 13.2 Å². The van der Waals surface area contributed by atoms with Gasteiger partial charge in [0, 0.05) is 79.3 Å². The van der Waals surface area contributed by atoms with Crippen molar-refractivity contribution in [1.29, 1.82) is 0 Å². The average Bonchev–Trinajstić information content (AvgIpc) is 1.71. The molecule has 2 heterocycles. The van der Waals surface area contributed by atoms with Gasteiger partial charge < -0.3 is 60.0 Å². The summed E-state index contributed by atoms with van der Waals surface area (Å²) in [5.41, 5.74) is -1.61. The molecule has 596 valence electrons. The highest BCUT2D eigenvalue weighted by molar-refractivity contribution is 14.1. The van der Waals surface area contributed by atoms with Gasteiger partial charge in [0.15, 0.2) is 0 Å². The number of nitrogens with zero attached hydrogens (tertiary/aromatic N) is 9. The SMILES string of the molecule is CC[C@H](C)[C@@H]1NC(=O)[C@H](CC(C)C)N(C)C(=O)C[C@@H](C(=O)N(C)C)N(C)C(=O)[C@H]([C@@H](C)CC)N(C)C(=O)C2(CCCC2)NC(=O)[C@H](CC2CCC(I)CC2)N(C)C(=O)[C@H](CCC2CCC(C(F)(F)F)C(Cl)C2)NC(=O)CN(C)C(=O)[C@H](CC2CCC(C)CC2)N(C)C(=O)[C@@H]2CCN2C(=O)[C@H](C)N(C)C1=O. The molecular formula is C76H125ClF3IN12O12. The van der Waals surface area contributed by atoms with E-state index in [2.05, 4.69) is 45.5 Å². The zero-order valence-corrected chi connectivity index (χ0v) is 68.6. The third kappa shape index (κ3) is 22.1. The summed E-state index contributed by atoms with van der Waals surface area (Å²) in [6.07, 6.45) is 4.17. The monoisotopic (exact) mass is 1620 g/mol. The molecule has 2 saturated heterocycles. The largest absolute Gasteiger partial charge is 0.393 e. The molecular weight excluding hydrogens is 1490 g/mol. The van der Waals surface area contributed by atoms with Crippen molar-refractivity contribution in [2.75, 3.05) is 76.5 Å². The lowest BCUT2D eigenvalue weighted by molar-refractivity contribution is -0.182. The summed E-state index contributed by atoms with van der Waals surface area (Å²) in [6.45, 7) is 14.2. The van der Waals surface area contributed by atoms with Crippen LogP contribution in [-0.4, -0.2) is 267 Å². The predicted octanol–water partition coefficient (Wildman–Crippen LogP) is 8.02. The van der Waals surface area contributed by atoms with Crippen LogP contribution in [0.3, 0.4) is 0 Å². The van der Waals surface area contributed by atoms with Crippen molar-refractivity contribution >= 4 is 105 Å². The number of likely N-dealkylation sites (N-methyl/N-ethyl adjacent to an activating group) is 8. The van der Waals surface area contributed by atoms with Gasteiger partial charge in [-0.2, -0.15) is 13.2 Å². The maximum absolute atomic E-state index is 15.8. The molecule has 105 heavy (non-hydrogen) atoms. The van der Waals surface area contributed by atoms with Gasteiger partial charge in [-0.25, -0.2) is 0 Å². The number of alkyl halides is 5. The van der Waals surface area contributed by atoms with Crippen molar-refractivity contribution < 1.29 is 70.7 Å². The summed E-state index contributed by atoms with van der Waals surface area (Å²) in [4.78, 5) is 193. The Bertz CT molecular complexity index is 3060. The van der Waals surface area contributed by atoms with Crippen molar-refractivity contribution in [2.24, 2.45) is 47.3 Å². The van der Waals surface area contributed by atoms with Crippen LogP contribution in [0.15, 0.2) is 0 Å². The third-order valence-electron chi connectivity index (χ3n) is 24.6. The second kappa shape index (κ2) is 38.7. The first kappa shape index (κ1) is 88.4. The zero-order valence-electron chi connectivity index (χ0n) is 65.7. The second-order valence-electron chi connectivity index (χ2n) is 32.8. The molecule has 3 N–H and O–H groups in total. The van der Waals surface area contributed by atoms with Crippen LogP contribution in [0.2, 0.25) is 0 Å². The van der Waals surface area contributed by atoms with E-state index < -0.39 is 173 Å². The first-order chi connectivity index (χ1) is 49.1. The number of hydrogen-bond acceptors (Lipinski definition) is 12. The average molecular weight is 1620 g/mol. The van der Waals surface area contributed by atoms with Gasteiger partial charge in [0.2, 0.25) is 70.9 Å². The van der Waals surface area contributed by atoms with Crippen molar-refractivity contribution in [2.45, 2.75) is 285 Å². The highest BCUT2D eigenvalue weighted by atomic mass is 127. The van der Waals surface area contributed by atoms with Gasteiger partial charge in [-0.05, 0) is 145 Å². The van der Waals surface area contributed by atoms with E-state index in [4.69, 9.17) is 11.6 Å². The van der Waals surface area contributed by atoms with E-state index in [1.807, 2.05) is 27.7 Å². The van der Waals surface area contributed by atoms with Gasteiger partial charge >= 0.3 is 6.18 Å². The summed E-state index contributed by atoms with van der Waals surface area (Å²) in [6, 6.07) is -11.1. The van der Waals surface area contributed by atoms with Crippen LogP contribution in [0.1, 0.15) is 209 Å². The standard InChI is InChI=1S/C76H125ClF3IN12O12/c1-18-46(6)63-72(103)87(12)48(8)67(98)93-37-34-56(93)71(102)90(15)59(41-50-24-22-45(5)23-25-50)70(101)86(11)43-61(94)82-55(33-29-49-28-32-53(54(77)39-49)76(78,79)80)68(99)89(14)58(40-51-26-30-52(81)31-27-51)66(97)84-75(35-20-21-36-75)74(105)92(17)64(47(7)19-2)73(104)91(16)60(69(100)85(9)10)42-62(95)88(13)57(38-44(3)4)65(96)83-63/h44-60,63-64H,18-43H2,1-17H3,(H,82,94)(H,83,96)(H,84,97)/t45?,46-,47-,48-,49?,50?,51?,52?,53?,54?,55-,56-,57-,58-,59-,60-,63-,64-/m0/s1. The molecule has 12 amide bonds. The normalized spacial score (nSPS) is 32.4. The number of hydrogen-bond donors (Lipinski definition) is 3. The van der Waals surface area contributed by atoms with Crippen molar-refractivity contribution in [3.8, 4) is 0 Å². The molecule has 3 unspecified atom stereocenters. The third-order valence-corrected chi connectivity index (χ3v) is 26.3. The van der Waals surface area contributed by atoms with E-state index in [1.165, 1.54) is 110 Å². The highest BCUT2D eigenvalue weighted by Gasteiger charge is 2.52. The molecule has 6 aliphatic rings. The van der Waals surface area contributed by atoms with Gasteiger partial charge in [0.05, 0.1) is 18.9 Å². The minimum Gasteiger partial charge on any atom is -0.347 e. The molecule has 6 rings (SSSR count). The Balaban J connectivity index is 1.47. The summed E-state index contributed by atoms with van der Waals surface area (Å²) < 4.78 is 42.8. The molecule has 4 saturated carbocycles.